The number of carboxylic acid groups (broad SMARTS) is 1. The molecular formula is C12H21NO4. The van der Waals surface area contributed by atoms with Crippen LogP contribution in [-0.2, 0) is 9.53 Å². The van der Waals surface area contributed by atoms with Gasteiger partial charge in [0.25, 0.3) is 0 Å². The number of unbranched alkanes of at least 4 members (excludes halogenated alkanes) is 2. The summed E-state index contributed by atoms with van der Waals surface area (Å²) in [6, 6.07) is 0.0317. The molecule has 0 radical (unpaired) electrons. The molecule has 0 spiro atoms. The van der Waals surface area contributed by atoms with Crippen LogP contribution in [0.25, 0.3) is 0 Å². The molecule has 1 heterocycles. The standard InChI is InChI=1S/C12H21NO4/c1-2-3-4-8-13-10(5-6-11(14)15)7-9-17-12(13)16/h10H,2-9H2,1H3,(H,14,15). The van der Waals surface area contributed by atoms with Crippen molar-refractivity contribution in [1.29, 1.82) is 0 Å². The topological polar surface area (TPSA) is 66.8 Å². The Morgan fingerprint density at radius 2 is 2.29 bits per heavy atom. The molecule has 0 bridgehead atoms. The predicted molar refractivity (Wildman–Crippen MR) is 62.9 cm³/mol. The lowest BCUT2D eigenvalue weighted by atomic mass is 10.1. The molecule has 0 aromatic rings. The predicted octanol–water partition coefficient (Wildman–Crippen LogP) is 2.25. The lowest BCUT2D eigenvalue weighted by Gasteiger charge is -2.34. The SMILES string of the molecule is CCCCCN1C(=O)OCCC1CCC(=O)O. The highest BCUT2D eigenvalue weighted by Gasteiger charge is 2.29. The van der Waals surface area contributed by atoms with Crippen molar-refractivity contribution in [1.82, 2.24) is 4.90 Å². The third-order valence-electron chi connectivity index (χ3n) is 3.05. The molecule has 5 heteroatoms. The van der Waals surface area contributed by atoms with Crippen molar-refractivity contribution in [3.63, 3.8) is 0 Å². The lowest BCUT2D eigenvalue weighted by Crippen LogP contribution is -2.46. The quantitative estimate of drug-likeness (QED) is 0.696. The van der Waals surface area contributed by atoms with Gasteiger partial charge in [-0.2, -0.15) is 0 Å². The third kappa shape index (κ3) is 4.63. The number of cyclic esters (lactones) is 1. The number of nitrogens with zero attached hydrogens (tertiary/aromatic N) is 1. The number of hydrogen-bond donors (Lipinski definition) is 1. The number of carboxylic acids is 1. The molecular weight excluding hydrogens is 222 g/mol. The zero-order chi connectivity index (χ0) is 12.7. The fraction of sp³-hybridized carbons (Fsp3) is 0.833. The Hall–Kier alpha value is -1.26. The zero-order valence-corrected chi connectivity index (χ0v) is 10.4. The van der Waals surface area contributed by atoms with E-state index in [1.54, 1.807) is 4.90 Å². The van der Waals surface area contributed by atoms with Gasteiger partial charge in [0.05, 0.1) is 6.61 Å². The van der Waals surface area contributed by atoms with Crippen LogP contribution in [0.4, 0.5) is 4.79 Å². The molecule has 17 heavy (non-hydrogen) atoms. The van der Waals surface area contributed by atoms with Gasteiger partial charge in [0.2, 0.25) is 0 Å². The Bertz CT molecular complexity index is 267. The number of hydrogen-bond acceptors (Lipinski definition) is 3. The maximum Gasteiger partial charge on any atom is 0.410 e. The van der Waals surface area contributed by atoms with Gasteiger partial charge in [-0.1, -0.05) is 19.8 Å². The zero-order valence-electron chi connectivity index (χ0n) is 10.4. The molecule has 98 valence electrons. The van der Waals surface area contributed by atoms with E-state index in [0.717, 1.165) is 25.7 Å². The highest BCUT2D eigenvalue weighted by atomic mass is 16.6. The second kappa shape index (κ2) is 7.14. The molecule has 1 atom stereocenters. The fourth-order valence-electron chi connectivity index (χ4n) is 2.07. The highest BCUT2D eigenvalue weighted by Crippen LogP contribution is 2.19. The van der Waals surface area contributed by atoms with E-state index in [1.807, 2.05) is 0 Å². The number of carbonyl (C=O) groups excluding carboxylic acids is 1. The largest absolute Gasteiger partial charge is 0.481 e. The van der Waals surface area contributed by atoms with Gasteiger partial charge in [-0.3, -0.25) is 4.79 Å². The van der Waals surface area contributed by atoms with E-state index in [2.05, 4.69) is 6.92 Å². The molecule has 1 rings (SSSR count). The van der Waals surface area contributed by atoms with Crippen molar-refractivity contribution in [3.8, 4) is 0 Å². The Labute approximate surface area is 102 Å². The van der Waals surface area contributed by atoms with Crippen LogP contribution in [-0.4, -0.2) is 41.3 Å². The maximum atomic E-state index is 11.6. The molecule has 0 aliphatic carbocycles. The van der Waals surface area contributed by atoms with Crippen LogP contribution in [0.5, 0.6) is 0 Å². The number of rotatable bonds is 7. The van der Waals surface area contributed by atoms with E-state index in [-0.39, 0.29) is 18.6 Å². The summed E-state index contributed by atoms with van der Waals surface area (Å²) in [5, 5.41) is 8.68. The minimum absolute atomic E-state index is 0.0317. The number of aliphatic carboxylic acids is 1. The normalized spacial score (nSPS) is 20.2. The van der Waals surface area contributed by atoms with Crippen LogP contribution >= 0.6 is 0 Å². The Balaban J connectivity index is 2.45. The van der Waals surface area contributed by atoms with E-state index >= 15 is 0 Å². The summed E-state index contributed by atoms with van der Waals surface area (Å²) in [5.74, 6) is -0.808. The summed E-state index contributed by atoms with van der Waals surface area (Å²) in [6.07, 6.45) is 4.22. The molecule has 5 nitrogen and oxygen atoms in total. The molecule has 1 unspecified atom stereocenters. The molecule has 1 N–H and O–H groups in total. The van der Waals surface area contributed by atoms with Gasteiger partial charge >= 0.3 is 12.1 Å². The molecule has 1 aliphatic rings. The summed E-state index contributed by atoms with van der Waals surface area (Å²) in [7, 11) is 0. The minimum Gasteiger partial charge on any atom is -0.481 e. The van der Waals surface area contributed by atoms with Gasteiger partial charge in [0.15, 0.2) is 0 Å². The van der Waals surface area contributed by atoms with Crippen LogP contribution in [0, 0.1) is 0 Å². The molecule has 1 fully saturated rings. The Morgan fingerprint density at radius 1 is 1.53 bits per heavy atom. The van der Waals surface area contributed by atoms with Crippen molar-refractivity contribution in [2.45, 2.75) is 51.5 Å². The van der Waals surface area contributed by atoms with Gasteiger partial charge in [-0.25, -0.2) is 4.79 Å². The first-order valence-electron chi connectivity index (χ1n) is 6.30. The summed E-state index contributed by atoms with van der Waals surface area (Å²) in [5.41, 5.74) is 0. The first kappa shape index (κ1) is 13.8. The third-order valence-corrected chi connectivity index (χ3v) is 3.05. The summed E-state index contributed by atoms with van der Waals surface area (Å²) in [4.78, 5) is 23.9. The second-order valence-corrected chi connectivity index (χ2v) is 4.39. The highest BCUT2D eigenvalue weighted by molar-refractivity contribution is 5.69. The molecule has 0 saturated carbocycles. The van der Waals surface area contributed by atoms with Crippen molar-refractivity contribution in [3.05, 3.63) is 0 Å². The van der Waals surface area contributed by atoms with Crippen LogP contribution < -0.4 is 0 Å². The average molecular weight is 243 g/mol. The summed E-state index contributed by atoms with van der Waals surface area (Å²) >= 11 is 0. The minimum atomic E-state index is -0.808. The van der Waals surface area contributed by atoms with E-state index < -0.39 is 5.97 Å². The van der Waals surface area contributed by atoms with Crippen LogP contribution in [0.1, 0.15) is 45.4 Å². The van der Waals surface area contributed by atoms with E-state index in [4.69, 9.17) is 9.84 Å². The molecule has 1 aliphatic heterocycles. The fourth-order valence-corrected chi connectivity index (χ4v) is 2.07. The van der Waals surface area contributed by atoms with E-state index in [1.165, 1.54) is 0 Å². The van der Waals surface area contributed by atoms with Crippen molar-refractivity contribution in [2.75, 3.05) is 13.2 Å². The first-order chi connectivity index (χ1) is 8.15. The van der Waals surface area contributed by atoms with E-state index in [0.29, 0.717) is 19.6 Å². The second-order valence-electron chi connectivity index (χ2n) is 4.39. The maximum absolute atomic E-state index is 11.6. The molecule has 0 aromatic carbocycles. The summed E-state index contributed by atoms with van der Waals surface area (Å²) < 4.78 is 5.00. The van der Waals surface area contributed by atoms with Gasteiger partial charge < -0.3 is 14.7 Å². The molecule has 0 aromatic heterocycles. The summed E-state index contributed by atoms with van der Waals surface area (Å²) in [6.45, 7) is 3.20. The van der Waals surface area contributed by atoms with Crippen molar-refractivity contribution >= 4 is 12.1 Å². The van der Waals surface area contributed by atoms with Crippen LogP contribution in [0.3, 0.4) is 0 Å². The Morgan fingerprint density at radius 3 is 2.94 bits per heavy atom. The number of carbonyl (C=O) groups is 2. The van der Waals surface area contributed by atoms with Crippen molar-refractivity contribution < 1.29 is 19.4 Å². The lowest BCUT2D eigenvalue weighted by molar-refractivity contribution is -0.137. The molecule has 1 amide bonds. The van der Waals surface area contributed by atoms with Gasteiger partial charge in [0, 0.05) is 25.4 Å². The average Bonchev–Trinajstić information content (AvgIpc) is 2.29. The van der Waals surface area contributed by atoms with Gasteiger partial charge in [-0.15, -0.1) is 0 Å². The number of ether oxygens (including phenoxy) is 1. The molecule has 1 saturated heterocycles. The smallest absolute Gasteiger partial charge is 0.410 e. The van der Waals surface area contributed by atoms with E-state index in [9.17, 15) is 9.59 Å². The van der Waals surface area contributed by atoms with Crippen molar-refractivity contribution in [2.24, 2.45) is 0 Å². The number of amides is 1. The van der Waals surface area contributed by atoms with Gasteiger partial charge in [0.1, 0.15) is 0 Å². The van der Waals surface area contributed by atoms with Crippen LogP contribution in [0.15, 0.2) is 0 Å². The monoisotopic (exact) mass is 243 g/mol. The van der Waals surface area contributed by atoms with Gasteiger partial charge in [-0.05, 0) is 12.8 Å². The first-order valence-corrected chi connectivity index (χ1v) is 6.30. The van der Waals surface area contributed by atoms with Crippen LogP contribution in [0.2, 0.25) is 0 Å². The Kier molecular flexibility index (Phi) is 5.80.